The van der Waals surface area contributed by atoms with E-state index in [2.05, 4.69) is 10.0 Å². The minimum atomic E-state index is -3.32. The standard InChI is InChI=1S/C10H16N2O2S/c1-8(11-2)9-4-6-10(7-5-9)15(13,14)12-3/h4-8,11-12H,1-3H3. The molecule has 0 aliphatic heterocycles. The summed E-state index contributed by atoms with van der Waals surface area (Å²) in [6.07, 6.45) is 0. The summed E-state index contributed by atoms with van der Waals surface area (Å²) >= 11 is 0. The third-order valence-corrected chi connectivity index (χ3v) is 3.82. The monoisotopic (exact) mass is 228 g/mol. The Labute approximate surface area is 90.8 Å². The maximum absolute atomic E-state index is 11.4. The van der Waals surface area contributed by atoms with Gasteiger partial charge in [0, 0.05) is 6.04 Å². The molecular weight excluding hydrogens is 212 g/mol. The summed E-state index contributed by atoms with van der Waals surface area (Å²) in [4.78, 5) is 0.289. The molecule has 0 saturated heterocycles. The third kappa shape index (κ3) is 2.77. The third-order valence-electron chi connectivity index (χ3n) is 2.39. The van der Waals surface area contributed by atoms with E-state index in [0.717, 1.165) is 5.56 Å². The van der Waals surface area contributed by atoms with Crippen LogP contribution in [0.25, 0.3) is 0 Å². The van der Waals surface area contributed by atoms with Gasteiger partial charge in [0.25, 0.3) is 0 Å². The molecule has 0 heterocycles. The van der Waals surface area contributed by atoms with Crippen LogP contribution in [-0.2, 0) is 10.0 Å². The molecule has 4 nitrogen and oxygen atoms in total. The van der Waals surface area contributed by atoms with Crippen LogP contribution in [-0.4, -0.2) is 22.5 Å². The van der Waals surface area contributed by atoms with Crippen molar-refractivity contribution in [2.45, 2.75) is 17.9 Å². The smallest absolute Gasteiger partial charge is 0.240 e. The highest BCUT2D eigenvalue weighted by Crippen LogP contribution is 2.15. The van der Waals surface area contributed by atoms with Gasteiger partial charge in [0.05, 0.1) is 4.90 Å². The van der Waals surface area contributed by atoms with Crippen LogP contribution in [0.2, 0.25) is 0 Å². The summed E-state index contributed by atoms with van der Waals surface area (Å²) in [5, 5.41) is 3.09. The number of benzene rings is 1. The second kappa shape index (κ2) is 4.74. The first-order chi connectivity index (χ1) is 7.01. The first kappa shape index (κ1) is 12.2. The molecule has 1 unspecified atom stereocenters. The van der Waals surface area contributed by atoms with E-state index in [0.29, 0.717) is 0 Å². The summed E-state index contributed by atoms with van der Waals surface area (Å²) < 4.78 is 25.1. The summed E-state index contributed by atoms with van der Waals surface area (Å²) in [7, 11) is -0.0515. The van der Waals surface area contributed by atoms with E-state index < -0.39 is 10.0 Å². The largest absolute Gasteiger partial charge is 0.313 e. The van der Waals surface area contributed by atoms with Gasteiger partial charge in [-0.2, -0.15) is 0 Å². The second-order valence-electron chi connectivity index (χ2n) is 3.29. The number of hydrogen-bond acceptors (Lipinski definition) is 3. The first-order valence-electron chi connectivity index (χ1n) is 4.72. The van der Waals surface area contributed by atoms with Crippen molar-refractivity contribution >= 4 is 10.0 Å². The van der Waals surface area contributed by atoms with Crippen molar-refractivity contribution in [3.05, 3.63) is 29.8 Å². The second-order valence-corrected chi connectivity index (χ2v) is 5.17. The first-order valence-corrected chi connectivity index (χ1v) is 6.20. The van der Waals surface area contributed by atoms with Crippen LogP contribution in [0.3, 0.4) is 0 Å². The Morgan fingerprint density at radius 3 is 2.07 bits per heavy atom. The van der Waals surface area contributed by atoms with Gasteiger partial charge < -0.3 is 5.32 Å². The molecule has 0 saturated carbocycles. The molecule has 0 aliphatic carbocycles. The van der Waals surface area contributed by atoms with E-state index in [4.69, 9.17) is 0 Å². The Bertz CT molecular complexity index is 412. The minimum absolute atomic E-state index is 0.219. The topological polar surface area (TPSA) is 58.2 Å². The van der Waals surface area contributed by atoms with Crippen molar-refractivity contribution in [1.82, 2.24) is 10.0 Å². The molecule has 0 radical (unpaired) electrons. The van der Waals surface area contributed by atoms with Gasteiger partial charge in [-0.25, -0.2) is 13.1 Å². The highest BCUT2D eigenvalue weighted by molar-refractivity contribution is 7.89. The number of nitrogens with one attached hydrogen (secondary N) is 2. The lowest BCUT2D eigenvalue weighted by Crippen LogP contribution is -2.18. The van der Waals surface area contributed by atoms with Crippen molar-refractivity contribution in [2.75, 3.05) is 14.1 Å². The van der Waals surface area contributed by atoms with E-state index in [-0.39, 0.29) is 10.9 Å². The Morgan fingerprint density at radius 1 is 1.13 bits per heavy atom. The fraction of sp³-hybridized carbons (Fsp3) is 0.400. The Hall–Kier alpha value is -0.910. The predicted molar refractivity (Wildman–Crippen MR) is 60.2 cm³/mol. The molecule has 1 aromatic carbocycles. The lowest BCUT2D eigenvalue weighted by atomic mass is 10.1. The van der Waals surface area contributed by atoms with Crippen molar-refractivity contribution < 1.29 is 8.42 Å². The number of hydrogen-bond donors (Lipinski definition) is 2. The molecule has 0 amide bonds. The van der Waals surface area contributed by atoms with Crippen LogP contribution < -0.4 is 10.0 Å². The van der Waals surface area contributed by atoms with Crippen molar-refractivity contribution in [1.29, 1.82) is 0 Å². The quantitative estimate of drug-likeness (QED) is 0.804. The van der Waals surface area contributed by atoms with Crippen molar-refractivity contribution in [2.24, 2.45) is 0 Å². The molecule has 0 aromatic heterocycles. The van der Waals surface area contributed by atoms with Crippen LogP contribution in [0.4, 0.5) is 0 Å². The molecular formula is C10H16N2O2S. The maximum atomic E-state index is 11.4. The van der Waals surface area contributed by atoms with Crippen LogP contribution in [0.1, 0.15) is 18.5 Å². The van der Waals surface area contributed by atoms with Gasteiger partial charge in [-0.05, 0) is 38.7 Å². The lowest BCUT2D eigenvalue weighted by Gasteiger charge is -2.10. The molecule has 2 N–H and O–H groups in total. The van der Waals surface area contributed by atoms with Crippen LogP contribution in [0.5, 0.6) is 0 Å². The summed E-state index contributed by atoms with van der Waals surface area (Å²) in [5.74, 6) is 0. The Kier molecular flexibility index (Phi) is 3.84. The van der Waals surface area contributed by atoms with Gasteiger partial charge in [-0.15, -0.1) is 0 Å². The number of sulfonamides is 1. The predicted octanol–water partition coefficient (Wildman–Crippen LogP) is 0.875. The van der Waals surface area contributed by atoms with E-state index >= 15 is 0 Å². The van der Waals surface area contributed by atoms with E-state index in [1.54, 1.807) is 12.1 Å². The normalized spacial score (nSPS) is 13.8. The molecule has 0 fully saturated rings. The fourth-order valence-electron chi connectivity index (χ4n) is 1.22. The molecule has 0 aliphatic rings. The van der Waals surface area contributed by atoms with Crippen LogP contribution in [0, 0.1) is 0 Å². The summed E-state index contributed by atoms with van der Waals surface area (Å²) in [6, 6.07) is 7.05. The highest BCUT2D eigenvalue weighted by atomic mass is 32.2. The average Bonchev–Trinajstić information content (AvgIpc) is 2.28. The molecule has 0 bridgehead atoms. The minimum Gasteiger partial charge on any atom is -0.313 e. The summed E-state index contributed by atoms with van der Waals surface area (Å²) in [5.41, 5.74) is 1.06. The van der Waals surface area contributed by atoms with Gasteiger partial charge in [0.2, 0.25) is 10.0 Å². The Morgan fingerprint density at radius 2 is 1.67 bits per heavy atom. The van der Waals surface area contributed by atoms with Gasteiger partial charge in [-0.1, -0.05) is 12.1 Å². The van der Waals surface area contributed by atoms with E-state index in [1.165, 1.54) is 7.05 Å². The Balaban J connectivity index is 3.00. The lowest BCUT2D eigenvalue weighted by molar-refractivity contribution is 0.588. The molecule has 1 aromatic rings. The molecule has 5 heteroatoms. The zero-order valence-corrected chi connectivity index (χ0v) is 9.93. The van der Waals surface area contributed by atoms with Gasteiger partial charge in [-0.3, -0.25) is 0 Å². The fourth-order valence-corrected chi connectivity index (χ4v) is 1.95. The molecule has 1 atom stereocenters. The van der Waals surface area contributed by atoms with Crippen LogP contribution >= 0.6 is 0 Å². The van der Waals surface area contributed by atoms with Gasteiger partial charge in [0.15, 0.2) is 0 Å². The molecule has 1 rings (SSSR count). The maximum Gasteiger partial charge on any atom is 0.240 e. The van der Waals surface area contributed by atoms with E-state index in [1.807, 2.05) is 26.1 Å². The molecule has 15 heavy (non-hydrogen) atoms. The van der Waals surface area contributed by atoms with E-state index in [9.17, 15) is 8.42 Å². The zero-order valence-electron chi connectivity index (χ0n) is 9.11. The van der Waals surface area contributed by atoms with Crippen molar-refractivity contribution in [3.8, 4) is 0 Å². The van der Waals surface area contributed by atoms with Crippen LogP contribution in [0.15, 0.2) is 29.2 Å². The number of rotatable bonds is 4. The molecule has 84 valence electrons. The highest BCUT2D eigenvalue weighted by Gasteiger charge is 2.11. The van der Waals surface area contributed by atoms with Gasteiger partial charge in [0.1, 0.15) is 0 Å². The van der Waals surface area contributed by atoms with Crippen molar-refractivity contribution in [3.63, 3.8) is 0 Å². The summed E-state index contributed by atoms with van der Waals surface area (Å²) in [6.45, 7) is 2.02. The van der Waals surface area contributed by atoms with Gasteiger partial charge >= 0.3 is 0 Å². The molecule has 0 spiro atoms. The zero-order chi connectivity index (χ0) is 11.5. The average molecular weight is 228 g/mol. The SMILES string of the molecule is CNC(C)c1ccc(S(=O)(=O)NC)cc1.